The summed E-state index contributed by atoms with van der Waals surface area (Å²) >= 11 is 3.25. The molecule has 0 bridgehead atoms. The lowest BCUT2D eigenvalue weighted by Crippen LogP contribution is -2.26. The zero-order valence-electron chi connectivity index (χ0n) is 11.2. The Morgan fingerprint density at radius 3 is 2.62 bits per heavy atom. The fraction of sp³-hybridized carbons (Fsp3) is 0.143. The zero-order valence-corrected chi connectivity index (χ0v) is 12.8. The number of nitrogens with zero attached hydrogens (tertiary/aromatic N) is 3. The summed E-state index contributed by atoms with van der Waals surface area (Å²) in [5.41, 5.74) is 1.09. The average Bonchev–Trinajstić information content (AvgIpc) is 2.47. The number of pyridine rings is 1. The Morgan fingerprint density at radius 1 is 1.33 bits per heavy atom. The number of amides is 1. The van der Waals surface area contributed by atoms with E-state index >= 15 is 0 Å². The van der Waals surface area contributed by atoms with Gasteiger partial charge in [-0.15, -0.1) is 0 Å². The highest BCUT2D eigenvalue weighted by molar-refractivity contribution is 9.10. The molecule has 6 nitrogen and oxygen atoms in total. The third kappa shape index (κ3) is 3.63. The van der Waals surface area contributed by atoms with Crippen molar-refractivity contribution >= 4 is 27.5 Å². The van der Waals surface area contributed by atoms with Crippen molar-refractivity contribution in [3.8, 4) is 0 Å². The molecule has 0 saturated heterocycles. The highest BCUT2D eigenvalue weighted by Gasteiger charge is 2.18. The van der Waals surface area contributed by atoms with E-state index in [4.69, 9.17) is 0 Å². The maximum atomic E-state index is 12.4. The van der Waals surface area contributed by atoms with Crippen molar-refractivity contribution in [3.63, 3.8) is 0 Å². The second kappa shape index (κ2) is 6.45. The van der Waals surface area contributed by atoms with Gasteiger partial charge in [0.15, 0.2) is 0 Å². The second-order valence-electron chi connectivity index (χ2n) is 4.44. The number of halogens is 1. The van der Waals surface area contributed by atoms with E-state index in [1.807, 2.05) is 12.1 Å². The molecular weight excluding hydrogens is 338 g/mol. The fourth-order valence-corrected chi connectivity index (χ4v) is 2.25. The molecule has 1 amide bonds. The van der Waals surface area contributed by atoms with E-state index in [0.29, 0.717) is 11.0 Å². The molecule has 2 rings (SSSR count). The van der Waals surface area contributed by atoms with Crippen molar-refractivity contribution in [2.24, 2.45) is 0 Å². The maximum Gasteiger partial charge on any atom is 0.270 e. The smallest absolute Gasteiger partial charge is 0.270 e. The first-order valence-corrected chi connectivity index (χ1v) is 6.86. The summed E-state index contributed by atoms with van der Waals surface area (Å²) in [6, 6.07) is 7.75. The predicted octanol–water partition coefficient (Wildman–Crippen LogP) is 3.02. The standard InChI is InChI=1S/C14H12BrN3O3/c1-17(9-10-4-6-16-7-5-10)14(19)12-8-11(18(20)21)2-3-13(12)15/h2-8H,9H2,1H3. The quantitative estimate of drug-likeness (QED) is 0.627. The van der Waals surface area contributed by atoms with Gasteiger partial charge in [0.2, 0.25) is 0 Å². The normalized spacial score (nSPS) is 10.2. The summed E-state index contributed by atoms with van der Waals surface area (Å²) in [7, 11) is 1.65. The summed E-state index contributed by atoms with van der Waals surface area (Å²) in [6.07, 6.45) is 3.30. The number of nitro benzene ring substituents is 1. The molecule has 7 heteroatoms. The van der Waals surface area contributed by atoms with Gasteiger partial charge in [-0.05, 0) is 39.7 Å². The van der Waals surface area contributed by atoms with Crippen LogP contribution in [0.2, 0.25) is 0 Å². The van der Waals surface area contributed by atoms with E-state index in [2.05, 4.69) is 20.9 Å². The molecule has 21 heavy (non-hydrogen) atoms. The van der Waals surface area contributed by atoms with Crippen LogP contribution in [0.5, 0.6) is 0 Å². The number of hydrogen-bond donors (Lipinski definition) is 0. The second-order valence-corrected chi connectivity index (χ2v) is 5.29. The Morgan fingerprint density at radius 2 is 2.00 bits per heavy atom. The topological polar surface area (TPSA) is 76.3 Å². The summed E-state index contributed by atoms with van der Waals surface area (Å²) in [5.74, 6) is -0.289. The average molecular weight is 350 g/mol. The maximum absolute atomic E-state index is 12.4. The molecular formula is C14H12BrN3O3. The number of benzene rings is 1. The van der Waals surface area contributed by atoms with Gasteiger partial charge in [0, 0.05) is 42.6 Å². The van der Waals surface area contributed by atoms with Gasteiger partial charge in [-0.2, -0.15) is 0 Å². The third-order valence-corrected chi connectivity index (χ3v) is 3.60. The summed E-state index contributed by atoms with van der Waals surface area (Å²) in [4.78, 5) is 28.1. The van der Waals surface area contributed by atoms with Crippen LogP contribution in [0.4, 0.5) is 5.69 Å². The molecule has 0 aliphatic heterocycles. The molecule has 0 atom stereocenters. The number of carbonyl (C=O) groups excluding carboxylic acids is 1. The van der Waals surface area contributed by atoms with Crippen LogP contribution in [-0.4, -0.2) is 27.8 Å². The molecule has 0 aliphatic carbocycles. The first-order chi connectivity index (χ1) is 9.99. The highest BCUT2D eigenvalue weighted by atomic mass is 79.9. The summed E-state index contributed by atoms with van der Waals surface area (Å²) < 4.78 is 0.527. The van der Waals surface area contributed by atoms with Crippen LogP contribution < -0.4 is 0 Å². The van der Waals surface area contributed by atoms with E-state index in [9.17, 15) is 14.9 Å². The lowest BCUT2D eigenvalue weighted by Gasteiger charge is -2.18. The monoisotopic (exact) mass is 349 g/mol. The zero-order chi connectivity index (χ0) is 15.4. The Bertz CT molecular complexity index is 676. The van der Waals surface area contributed by atoms with Crippen LogP contribution in [0.15, 0.2) is 47.2 Å². The minimum absolute atomic E-state index is 0.112. The van der Waals surface area contributed by atoms with Gasteiger partial charge < -0.3 is 4.90 Å². The number of nitro groups is 1. The summed E-state index contributed by atoms with van der Waals surface area (Å²) in [5, 5.41) is 10.8. The van der Waals surface area contributed by atoms with Gasteiger partial charge in [-0.3, -0.25) is 19.9 Å². The van der Waals surface area contributed by atoms with Crippen molar-refractivity contribution in [1.29, 1.82) is 0 Å². The molecule has 0 radical (unpaired) electrons. The van der Waals surface area contributed by atoms with Crippen LogP contribution >= 0.6 is 15.9 Å². The number of carbonyl (C=O) groups is 1. The minimum Gasteiger partial charge on any atom is -0.337 e. The number of rotatable bonds is 4. The Hall–Kier alpha value is -2.28. The largest absolute Gasteiger partial charge is 0.337 e. The van der Waals surface area contributed by atoms with Crippen LogP contribution in [0.3, 0.4) is 0 Å². The van der Waals surface area contributed by atoms with Crippen LogP contribution in [0.25, 0.3) is 0 Å². The van der Waals surface area contributed by atoms with E-state index in [1.165, 1.54) is 23.1 Å². The SMILES string of the molecule is CN(Cc1ccncc1)C(=O)c1cc([N+](=O)[O-])ccc1Br. The molecule has 0 spiro atoms. The Kier molecular flexibility index (Phi) is 4.64. The third-order valence-electron chi connectivity index (χ3n) is 2.91. The van der Waals surface area contributed by atoms with E-state index in [-0.39, 0.29) is 17.2 Å². The molecule has 0 saturated carbocycles. The molecule has 2 aromatic rings. The molecule has 0 unspecified atom stereocenters. The lowest BCUT2D eigenvalue weighted by molar-refractivity contribution is -0.384. The van der Waals surface area contributed by atoms with Crippen LogP contribution in [0.1, 0.15) is 15.9 Å². The first-order valence-electron chi connectivity index (χ1n) is 6.07. The van der Waals surface area contributed by atoms with Crippen molar-refractivity contribution < 1.29 is 9.72 Å². The minimum atomic E-state index is -0.522. The van der Waals surface area contributed by atoms with E-state index in [1.54, 1.807) is 19.4 Å². The highest BCUT2D eigenvalue weighted by Crippen LogP contribution is 2.24. The lowest BCUT2D eigenvalue weighted by atomic mass is 10.1. The van der Waals surface area contributed by atoms with Gasteiger partial charge in [-0.1, -0.05) is 0 Å². The summed E-state index contributed by atoms with van der Waals surface area (Å²) in [6.45, 7) is 0.399. The molecule has 1 aromatic carbocycles. The van der Waals surface area contributed by atoms with Crippen molar-refractivity contribution in [1.82, 2.24) is 9.88 Å². The van der Waals surface area contributed by atoms with E-state index < -0.39 is 4.92 Å². The van der Waals surface area contributed by atoms with Gasteiger partial charge in [-0.25, -0.2) is 0 Å². The first kappa shape index (κ1) is 15.1. The Balaban J connectivity index is 2.23. The molecule has 1 aromatic heterocycles. The molecule has 0 aliphatic rings. The number of hydrogen-bond acceptors (Lipinski definition) is 4. The van der Waals surface area contributed by atoms with Gasteiger partial charge in [0.25, 0.3) is 11.6 Å². The van der Waals surface area contributed by atoms with Gasteiger partial charge in [0.1, 0.15) is 0 Å². The number of aromatic nitrogens is 1. The molecule has 0 N–H and O–H groups in total. The van der Waals surface area contributed by atoms with Crippen molar-refractivity contribution in [2.75, 3.05) is 7.05 Å². The van der Waals surface area contributed by atoms with Crippen LogP contribution in [0, 0.1) is 10.1 Å². The number of non-ortho nitro benzene ring substituents is 1. The van der Waals surface area contributed by atoms with Gasteiger partial charge >= 0.3 is 0 Å². The molecule has 1 heterocycles. The van der Waals surface area contributed by atoms with Crippen molar-refractivity contribution in [3.05, 3.63) is 68.4 Å². The fourth-order valence-electron chi connectivity index (χ4n) is 1.83. The predicted molar refractivity (Wildman–Crippen MR) is 80.8 cm³/mol. The van der Waals surface area contributed by atoms with Crippen molar-refractivity contribution in [2.45, 2.75) is 6.54 Å². The van der Waals surface area contributed by atoms with Gasteiger partial charge in [0.05, 0.1) is 10.5 Å². The molecule has 0 fully saturated rings. The van der Waals surface area contributed by atoms with E-state index in [0.717, 1.165) is 5.56 Å². The molecule has 108 valence electrons. The Labute approximate surface area is 129 Å². The van der Waals surface area contributed by atoms with Crippen LogP contribution in [-0.2, 0) is 6.54 Å².